The molecular weight excluding hydrogens is 501 g/mol. The van der Waals surface area contributed by atoms with Gasteiger partial charge in [0.05, 0.1) is 33.9 Å². The summed E-state index contributed by atoms with van der Waals surface area (Å²) in [5.41, 5.74) is 8.94. The van der Waals surface area contributed by atoms with E-state index in [0.29, 0.717) is 40.3 Å². The number of rotatable bonds is 6. The molecule has 2 aromatic carbocycles. The van der Waals surface area contributed by atoms with Crippen molar-refractivity contribution in [2.24, 2.45) is 4.99 Å². The second kappa shape index (κ2) is 11.7. The maximum Gasteiger partial charge on any atom is 0.323 e. The molecule has 190 valence electrons. The van der Waals surface area contributed by atoms with Gasteiger partial charge in [-0.25, -0.2) is 4.79 Å². The molecule has 11 heteroatoms. The summed E-state index contributed by atoms with van der Waals surface area (Å²) in [7, 11) is 1.76. The maximum atomic E-state index is 12.7. The molecule has 2 heterocycles. The van der Waals surface area contributed by atoms with E-state index in [1.807, 2.05) is 30.3 Å². The highest BCUT2D eigenvalue weighted by Crippen LogP contribution is 2.31. The van der Waals surface area contributed by atoms with Gasteiger partial charge in [-0.15, -0.1) is 0 Å². The summed E-state index contributed by atoms with van der Waals surface area (Å²) in [6.45, 7) is 2.70. The van der Waals surface area contributed by atoms with Crippen molar-refractivity contribution >= 4 is 52.3 Å². The van der Waals surface area contributed by atoms with E-state index < -0.39 is 6.03 Å². The number of amidine groups is 1. The Morgan fingerprint density at radius 3 is 2.58 bits per heavy atom. The van der Waals surface area contributed by atoms with Crippen molar-refractivity contribution in [1.82, 2.24) is 14.8 Å². The Morgan fingerprint density at radius 2 is 1.92 bits per heavy atom. The number of nitrogen functional groups attached to an aromatic ring is 1. The highest BCUT2D eigenvalue weighted by atomic mass is 35.5. The molecule has 6 N–H and O–H groups in total. The third-order valence-electron chi connectivity index (χ3n) is 6.14. The summed E-state index contributed by atoms with van der Waals surface area (Å²) < 4.78 is 0. The van der Waals surface area contributed by atoms with E-state index in [4.69, 9.17) is 28.9 Å². The number of nitrogens with two attached hydrogens (primary N) is 1. The Balaban J connectivity index is 1.54. The number of β-amino-alcohol motifs (C(OH)–C–C–N with tert-alkyl or cyclic N) is 1. The van der Waals surface area contributed by atoms with E-state index in [1.54, 1.807) is 31.4 Å². The van der Waals surface area contributed by atoms with Crippen molar-refractivity contribution in [3.8, 4) is 0 Å². The monoisotopic (exact) mass is 529 g/mol. The van der Waals surface area contributed by atoms with Gasteiger partial charge in [0.25, 0.3) is 0 Å². The van der Waals surface area contributed by atoms with Crippen LogP contribution in [-0.2, 0) is 0 Å². The summed E-state index contributed by atoms with van der Waals surface area (Å²) in [6.07, 6.45) is 1.80. The molecule has 0 aliphatic carbocycles. The van der Waals surface area contributed by atoms with Crippen molar-refractivity contribution in [2.75, 3.05) is 56.2 Å². The van der Waals surface area contributed by atoms with Gasteiger partial charge in [-0.3, -0.25) is 9.89 Å². The highest BCUT2D eigenvalue weighted by molar-refractivity contribution is 6.39. The number of aromatic nitrogens is 1. The van der Waals surface area contributed by atoms with Crippen molar-refractivity contribution in [2.45, 2.75) is 6.04 Å². The van der Waals surface area contributed by atoms with Crippen LogP contribution in [0.4, 0.5) is 22.0 Å². The predicted octanol–water partition coefficient (Wildman–Crippen LogP) is 4.28. The van der Waals surface area contributed by atoms with E-state index in [2.05, 4.69) is 30.4 Å². The summed E-state index contributed by atoms with van der Waals surface area (Å²) in [4.78, 5) is 24.6. The van der Waals surface area contributed by atoms with Crippen molar-refractivity contribution in [3.05, 3.63) is 75.9 Å². The van der Waals surface area contributed by atoms with Crippen LogP contribution in [0.25, 0.3) is 0 Å². The first-order valence-corrected chi connectivity index (χ1v) is 12.3. The van der Waals surface area contributed by atoms with Gasteiger partial charge in [0, 0.05) is 45.1 Å². The van der Waals surface area contributed by atoms with Gasteiger partial charge >= 0.3 is 6.03 Å². The van der Waals surface area contributed by atoms with E-state index in [1.165, 1.54) is 0 Å². The maximum absolute atomic E-state index is 12.7. The quantitative estimate of drug-likeness (QED) is 0.241. The Morgan fingerprint density at radius 1 is 1.17 bits per heavy atom. The van der Waals surface area contributed by atoms with Crippen LogP contribution in [0.1, 0.15) is 17.2 Å². The first kappa shape index (κ1) is 25.8. The number of amides is 2. The lowest BCUT2D eigenvalue weighted by Gasteiger charge is -2.42. The van der Waals surface area contributed by atoms with Crippen LogP contribution in [0.3, 0.4) is 0 Å². The standard InChI is InChI=1S/C25H29Cl2N7O2/c1-29-24(18-8-9-30-23(18)28)34-11-10-33(12-13-35)21(15-34)16-4-2-5-17(14-16)31-25(36)32-22-19(26)6-3-7-20(22)27/h2-9,14,21,30,35H,10-13,15,28H2,1H3,(H2,31,32,36). The molecule has 1 fully saturated rings. The lowest BCUT2D eigenvalue weighted by atomic mass is 10.0. The molecule has 1 unspecified atom stereocenters. The van der Waals surface area contributed by atoms with E-state index in [0.717, 1.165) is 30.1 Å². The number of nitrogens with zero attached hydrogens (tertiary/aromatic N) is 3. The molecule has 3 aromatic rings. The number of para-hydroxylation sites is 1. The lowest BCUT2D eigenvalue weighted by molar-refractivity contribution is 0.0905. The number of aliphatic imine (C=N–C) groups is 1. The van der Waals surface area contributed by atoms with E-state index in [-0.39, 0.29) is 12.6 Å². The number of carbonyl (C=O) groups is 1. The number of urea groups is 1. The molecule has 0 radical (unpaired) electrons. The molecule has 0 saturated carbocycles. The summed E-state index contributed by atoms with van der Waals surface area (Å²) in [5, 5.41) is 15.9. The number of hydrogen-bond donors (Lipinski definition) is 5. The van der Waals surface area contributed by atoms with Crippen molar-refractivity contribution < 1.29 is 9.90 Å². The van der Waals surface area contributed by atoms with Crippen LogP contribution >= 0.6 is 23.2 Å². The van der Waals surface area contributed by atoms with Crippen molar-refractivity contribution in [1.29, 1.82) is 0 Å². The van der Waals surface area contributed by atoms with Crippen LogP contribution in [-0.4, -0.2) is 71.6 Å². The molecule has 0 bridgehead atoms. The number of aliphatic hydroxyl groups is 1. The fourth-order valence-corrected chi connectivity index (χ4v) is 4.94. The molecule has 1 aliphatic heterocycles. The lowest BCUT2D eigenvalue weighted by Crippen LogP contribution is -2.51. The first-order chi connectivity index (χ1) is 17.4. The zero-order valence-electron chi connectivity index (χ0n) is 19.8. The molecule has 36 heavy (non-hydrogen) atoms. The summed E-state index contributed by atoms with van der Waals surface area (Å²) in [5.74, 6) is 1.38. The molecule has 1 saturated heterocycles. The van der Waals surface area contributed by atoms with Gasteiger partial charge in [-0.1, -0.05) is 41.4 Å². The molecule has 0 spiro atoms. The summed E-state index contributed by atoms with van der Waals surface area (Å²) in [6, 6.07) is 14.1. The zero-order valence-corrected chi connectivity index (χ0v) is 21.4. The topological polar surface area (TPSA) is 122 Å². The van der Waals surface area contributed by atoms with Gasteiger partial charge in [-0.2, -0.15) is 0 Å². The van der Waals surface area contributed by atoms with Crippen LogP contribution < -0.4 is 16.4 Å². The Bertz CT molecular complexity index is 1230. The fraction of sp³-hybridized carbons (Fsp3) is 0.280. The smallest absolute Gasteiger partial charge is 0.323 e. The number of halogens is 2. The van der Waals surface area contributed by atoms with Gasteiger partial charge in [0.2, 0.25) is 0 Å². The van der Waals surface area contributed by atoms with Gasteiger partial charge in [0.1, 0.15) is 11.7 Å². The first-order valence-electron chi connectivity index (χ1n) is 11.5. The number of benzene rings is 2. The zero-order chi connectivity index (χ0) is 25.7. The number of nitrogens with one attached hydrogen (secondary N) is 3. The number of anilines is 3. The molecule has 9 nitrogen and oxygen atoms in total. The minimum absolute atomic E-state index is 0.0364. The van der Waals surface area contributed by atoms with Crippen LogP contribution in [0.15, 0.2) is 59.7 Å². The third-order valence-corrected chi connectivity index (χ3v) is 6.77. The molecule has 4 rings (SSSR count). The largest absolute Gasteiger partial charge is 0.395 e. The SMILES string of the molecule is CN=C(c1cc[nH]c1N)N1CCN(CCO)C(c2cccc(NC(=O)Nc3c(Cl)cccc3Cl)c2)C1. The summed E-state index contributed by atoms with van der Waals surface area (Å²) >= 11 is 12.3. The Hall–Kier alpha value is -3.24. The molecule has 2 amide bonds. The molecule has 1 aromatic heterocycles. The second-order valence-electron chi connectivity index (χ2n) is 8.37. The number of piperazine rings is 1. The molecular formula is C25H29Cl2N7O2. The van der Waals surface area contributed by atoms with Gasteiger partial charge in [0.15, 0.2) is 0 Å². The fourth-order valence-electron chi connectivity index (χ4n) is 4.45. The predicted molar refractivity (Wildman–Crippen MR) is 146 cm³/mol. The van der Waals surface area contributed by atoms with E-state index in [9.17, 15) is 9.90 Å². The second-order valence-corrected chi connectivity index (χ2v) is 9.19. The normalized spacial score (nSPS) is 16.7. The van der Waals surface area contributed by atoms with Crippen molar-refractivity contribution in [3.63, 3.8) is 0 Å². The highest BCUT2D eigenvalue weighted by Gasteiger charge is 2.30. The minimum Gasteiger partial charge on any atom is -0.395 e. The number of carbonyl (C=O) groups excluding carboxylic acids is 1. The molecule has 1 atom stereocenters. The van der Waals surface area contributed by atoms with Crippen LogP contribution in [0, 0.1) is 0 Å². The van der Waals surface area contributed by atoms with Crippen LogP contribution in [0.2, 0.25) is 10.0 Å². The minimum atomic E-state index is -0.456. The number of hydrogen-bond acceptors (Lipinski definition) is 5. The number of H-pyrrole nitrogens is 1. The average molecular weight is 530 g/mol. The third kappa shape index (κ3) is 5.76. The Kier molecular flexibility index (Phi) is 8.37. The number of aliphatic hydroxyl groups excluding tert-OH is 1. The average Bonchev–Trinajstić information content (AvgIpc) is 3.28. The molecule has 1 aliphatic rings. The van der Waals surface area contributed by atoms with Gasteiger partial charge in [-0.05, 0) is 35.9 Å². The van der Waals surface area contributed by atoms with Gasteiger partial charge < -0.3 is 31.4 Å². The van der Waals surface area contributed by atoms with Crippen LogP contribution in [0.5, 0.6) is 0 Å². The Labute approximate surface area is 219 Å². The van der Waals surface area contributed by atoms with E-state index >= 15 is 0 Å². The number of aromatic amines is 1.